The Hall–Kier alpha value is -0.700. The van der Waals surface area contributed by atoms with Gasteiger partial charge in [-0.1, -0.05) is 11.6 Å². The molecule has 1 heterocycles. The molecule has 0 amide bonds. The summed E-state index contributed by atoms with van der Waals surface area (Å²) >= 11 is 5.21. The van der Waals surface area contributed by atoms with E-state index in [2.05, 4.69) is 10.2 Å². The molecule has 0 unspecified atom stereocenters. The zero-order valence-corrected chi connectivity index (χ0v) is 4.48. The van der Waals surface area contributed by atoms with Crippen LogP contribution in [0.25, 0.3) is 0 Å². The van der Waals surface area contributed by atoms with Crippen molar-refractivity contribution in [1.82, 2.24) is 10.2 Å². The van der Waals surface area contributed by atoms with Gasteiger partial charge in [0.05, 0.1) is 0 Å². The van der Waals surface area contributed by atoms with Crippen molar-refractivity contribution in [1.29, 1.82) is 0 Å². The van der Waals surface area contributed by atoms with Gasteiger partial charge >= 0.3 is 0 Å². The Bertz CT molecular complexity index is 174. The SMILES string of the molecule is Fc1[c]nnc(Cl)c1. The van der Waals surface area contributed by atoms with Gasteiger partial charge in [0.1, 0.15) is 0 Å². The van der Waals surface area contributed by atoms with Gasteiger partial charge in [0.2, 0.25) is 0 Å². The van der Waals surface area contributed by atoms with E-state index in [1.165, 1.54) is 0 Å². The highest BCUT2D eigenvalue weighted by molar-refractivity contribution is 6.29. The molecule has 1 rings (SSSR count). The lowest BCUT2D eigenvalue weighted by Crippen LogP contribution is -1.82. The zero-order chi connectivity index (χ0) is 5.98. The maximum absolute atomic E-state index is 11.9. The number of aromatic nitrogens is 2. The van der Waals surface area contributed by atoms with Crippen LogP contribution in [0, 0.1) is 12.0 Å². The van der Waals surface area contributed by atoms with Crippen LogP contribution in [-0.4, -0.2) is 10.2 Å². The molecule has 0 saturated heterocycles. The second kappa shape index (κ2) is 2.05. The molecule has 1 aromatic rings. The van der Waals surface area contributed by atoms with E-state index >= 15 is 0 Å². The Balaban J connectivity index is 3.08. The van der Waals surface area contributed by atoms with Crippen LogP contribution in [0.2, 0.25) is 5.15 Å². The minimum absolute atomic E-state index is 0.0428. The third-order valence-electron chi connectivity index (χ3n) is 0.548. The highest BCUT2D eigenvalue weighted by Gasteiger charge is 1.90. The summed E-state index contributed by atoms with van der Waals surface area (Å²) in [5, 5.41) is 6.40. The molecule has 41 valence electrons. The van der Waals surface area contributed by atoms with E-state index in [0.29, 0.717) is 0 Å². The fourth-order valence-corrected chi connectivity index (χ4v) is 0.420. The first-order valence-corrected chi connectivity index (χ1v) is 2.23. The third-order valence-corrected chi connectivity index (χ3v) is 0.733. The lowest BCUT2D eigenvalue weighted by molar-refractivity contribution is 0.612. The Morgan fingerprint density at radius 2 is 2.50 bits per heavy atom. The van der Waals surface area contributed by atoms with E-state index in [0.717, 1.165) is 6.07 Å². The van der Waals surface area contributed by atoms with Crippen LogP contribution in [0.1, 0.15) is 0 Å². The van der Waals surface area contributed by atoms with Crippen LogP contribution < -0.4 is 0 Å². The van der Waals surface area contributed by atoms with E-state index in [4.69, 9.17) is 11.6 Å². The first-order valence-electron chi connectivity index (χ1n) is 1.85. The lowest BCUT2D eigenvalue weighted by Gasteiger charge is -1.82. The largest absolute Gasteiger partial charge is 0.204 e. The molecule has 0 saturated carbocycles. The van der Waals surface area contributed by atoms with E-state index < -0.39 is 5.82 Å². The van der Waals surface area contributed by atoms with Crippen LogP contribution in [0.5, 0.6) is 0 Å². The Labute approximate surface area is 50.3 Å². The molecule has 0 aliphatic rings. The highest BCUT2D eigenvalue weighted by Crippen LogP contribution is 2.01. The molecule has 4 heteroatoms. The van der Waals surface area contributed by atoms with Crippen molar-refractivity contribution in [3.63, 3.8) is 0 Å². The first kappa shape index (κ1) is 5.44. The minimum atomic E-state index is -0.593. The van der Waals surface area contributed by atoms with Gasteiger partial charge in [-0.3, -0.25) is 0 Å². The molecule has 2 nitrogen and oxygen atoms in total. The van der Waals surface area contributed by atoms with E-state index in [9.17, 15) is 4.39 Å². The minimum Gasteiger partial charge on any atom is -0.204 e. The molecule has 0 spiro atoms. The second-order valence-corrected chi connectivity index (χ2v) is 1.51. The number of hydrogen-bond donors (Lipinski definition) is 0. The predicted octanol–water partition coefficient (Wildman–Crippen LogP) is 1.07. The zero-order valence-electron chi connectivity index (χ0n) is 3.73. The van der Waals surface area contributed by atoms with Crippen LogP contribution >= 0.6 is 11.6 Å². The fraction of sp³-hybridized carbons (Fsp3) is 0. The Morgan fingerprint density at radius 1 is 1.75 bits per heavy atom. The van der Waals surface area contributed by atoms with Gasteiger partial charge < -0.3 is 0 Å². The summed E-state index contributed by atoms with van der Waals surface area (Å²) < 4.78 is 11.9. The van der Waals surface area contributed by atoms with E-state index in [1.54, 1.807) is 0 Å². The van der Waals surface area contributed by atoms with Gasteiger partial charge in [-0.2, -0.15) is 0 Å². The highest BCUT2D eigenvalue weighted by atomic mass is 35.5. The number of hydrogen-bond acceptors (Lipinski definition) is 2. The summed E-state index contributed by atoms with van der Waals surface area (Å²) in [5.74, 6) is -0.593. The number of nitrogens with zero attached hydrogens (tertiary/aromatic N) is 2. The molecule has 1 aromatic heterocycles. The van der Waals surface area contributed by atoms with Crippen LogP contribution in [0.3, 0.4) is 0 Å². The Morgan fingerprint density at radius 3 is 2.88 bits per heavy atom. The maximum atomic E-state index is 11.9. The summed E-state index contributed by atoms with van der Waals surface area (Å²) in [6.45, 7) is 0. The van der Waals surface area contributed by atoms with Crippen LogP contribution in [0.15, 0.2) is 6.07 Å². The first-order chi connectivity index (χ1) is 3.79. The smallest absolute Gasteiger partial charge is 0.156 e. The van der Waals surface area contributed by atoms with Gasteiger partial charge in [-0.05, 0) is 0 Å². The fourth-order valence-electron chi connectivity index (χ4n) is 0.286. The summed E-state index contributed by atoms with van der Waals surface area (Å²) in [5.41, 5.74) is 0. The average Bonchev–Trinajstić information content (AvgIpc) is 1.64. The molecule has 1 radical (unpaired) electrons. The number of rotatable bonds is 0. The van der Waals surface area contributed by atoms with Crippen LogP contribution in [0.4, 0.5) is 4.39 Å². The normalized spacial score (nSPS) is 9.25. The molecular formula is C4HClFN2. The second-order valence-electron chi connectivity index (χ2n) is 1.13. The van der Waals surface area contributed by atoms with Crippen molar-refractivity contribution in [3.05, 3.63) is 23.2 Å². The quantitative estimate of drug-likeness (QED) is 0.526. The lowest BCUT2D eigenvalue weighted by atomic mass is 10.6. The van der Waals surface area contributed by atoms with Gasteiger partial charge in [-0.15, -0.1) is 10.2 Å². The maximum Gasteiger partial charge on any atom is 0.156 e. The molecule has 0 fully saturated rings. The van der Waals surface area contributed by atoms with Crippen molar-refractivity contribution in [3.8, 4) is 0 Å². The monoisotopic (exact) mass is 131 g/mol. The van der Waals surface area contributed by atoms with Gasteiger partial charge in [0.15, 0.2) is 17.2 Å². The molecule has 0 aromatic carbocycles. The van der Waals surface area contributed by atoms with Crippen molar-refractivity contribution >= 4 is 11.6 Å². The summed E-state index contributed by atoms with van der Waals surface area (Å²) in [6, 6.07) is 1.04. The molecule has 0 aliphatic heterocycles. The Kier molecular flexibility index (Phi) is 1.39. The molecule has 0 bridgehead atoms. The molecule has 0 atom stereocenters. The molecular weight excluding hydrogens is 131 g/mol. The van der Waals surface area contributed by atoms with Gasteiger partial charge in [0.25, 0.3) is 0 Å². The topological polar surface area (TPSA) is 25.8 Å². The van der Waals surface area contributed by atoms with Crippen molar-refractivity contribution in [2.24, 2.45) is 0 Å². The molecule has 8 heavy (non-hydrogen) atoms. The summed E-state index contributed by atoms with van der Waals surface area (Å²) in [4.78, 5) is 0. The average molecular weight is 132 g/mol. The van der Waals surface area contributed by atoms with E-state index in [1.807, 2.05) is 6.20 Å². The van der Waals surface area contributed by atoms with Gasteiger partial charge in [0, 0.05) is 6.07 Å². The molecule has 0 aliphatic carbocycles. The van der Waals surface area contributed by atoms with Crippen molar-refractivity contribution in [2.45, 2.75) is 0 Å². The van der Waals surface area contributed by atoms with E-state index in [-0.39, 0.29) is 5.15 Å². The van der Waals surface area contributed by atoms with Gasteiger partial charge in [-0.25, -0.2) is 4.39 Å². The molecule has 0 N–H and O–H groups in total. The number of halogens is 2. The predicted molar refractivity (Wildman–Crippen MR) is 25.8 cm³/mol. The summed E-state index contributed by atoms with van der Waals surface area (Å²) in [7, 11) is 0. The standard InChI is InChI=1S/C4HClFN2/c5-4-1-3(6)2-7-8-4/h1H. The van der Waals surface area contributed by atoms with Crippen molar-refractivity contribution < 1.29 is 4.39 Å². The summed E-state index contributed by atoms with van der Waals surface area (Å²) in [6.07, 6.45) is 1.96. The van der Waals surface area contributed by atoms with Crippen molar-refractivity contribution in [2.75, 3.05) is 0 Å². The third kappa shape index (κ3) is 1.13. The van der Waals surface area contributed by atoms with Crippen LogP contribution in [-0.2, 0) is 0 Å².